The van der Waals surface area contributed by atoms with Crippen molar-refractivity contribution < 1.29 is 9.53 Å². The maximum absolute atomic E-state index is 12.1. The predicted molar refractivity (Wildman–Crippen MR) is 97.7 cm³/mol. The third kappa shape index (κ3) is 5.15. The summed E-state index contributed by atoms with van der Waals surface area (Å²) in [5, 5.41) is 6.59. The van der Waals surface area contributed by atoms with E-state index in [1.807, 2.05) is 24.3 Å². The highest BCUT2D eigenvalue weighted by Crippen LogP contribution is 2.31. The van der Waals surface area contributed by atoms with E-state index in [-0.39, 0.29) is 12.5 Å². The van der Waals surface area contributed by atoms with E-state index in [1.165, 1.54) is 0 Å². The molecule has 0 fully saturated rings. The number of benzene rings is 1. The molecule has 0 radical (unpaired) electrons. The van der Waals surface area contributed by atoms with Crippen molar-refractivity contribution in [3.05, 3.63) is 24.3 Å². The number of aliphatic imine (C=N–C) groups is 1. The van der Waals surface area contributed by atoms with Crippen molar-refractivity contribution in [1.82, 2.24) is 10.6 Å². The first kappa shape index (κ1) is 18.1. The van der Waals surface area contributed by atoms with Gasteiger partial charge in [-0.1, -0.05) is 26.0 Å². The van der Waals surface area contributed by atoms with Crippen molar-refractivity contribution >= 4 is 17.6 Å². The van der Waals surface area contributed by atoms with Crippen LogP contribution in [0.1, 0.15) is 26.7 Å². The number of hydrogen-bond acceptors (Lipinski definition) is 3. The van der Waals surface area contributed by atoms with Crippen LogP contribution in [0.2, 0.25) is 0 Å². The molecule has 1 aliphatic heterocycles. The van der Waals surface area contributed by atoms with Gasteiger partial charge in [0.25, 0.3) is 5.91 Å². The summed E-state index contributed by atoms with van der Waals surface area (Å²) in [5.74, 6) is 2.26. The third-order valence-electron chi connectivity index (χ3n) is 3.90. The Kier molecular flexibility index (Phi) is 6.90. The molecule has 132 valence electrons. The lowest BCUT2D eigenvalue weighted by Crippen LogP contribution is -2.42. The number of ether oxygens (including phenoxy) is 1. The first-order valence-corrected chi connectivity index (χ1v) is 8.58. The number of guanidine groups is 1. The molecule has 2 N–H and O–H groups in total. The van der Waals surface area contributed by atoms with Crippen molar-refractivity contribution in [3.8, 4) is 5.75 Å². The molecule has 0 atom stereocenters. The van der Waals surface area contributed by atoms with Gasteiger partial charge in [0.05, 0.1) is 5.69 Å². The average molecular weight is 332 g/mol. The number of anilines is 1. The lowest BCUT2D eigenvalue weighted by Gasteiger charge is -2.29. The molecule has 2 rings (SSSR count). The van der Waals surface area contributed by atoms with Gasteiger partial charge >= 0.3 is 0 Å². The van der Waals surface area contributed by atoms with E-state index >= 15 is 0 Å². The molecule has 1 amide bonds. The molecule has 1 aromatic rings. The highest BCUT2D eigenvalue weighted by atomic mass is 16.5. The van der Waals surface area contributed by atoms with Crippen molar-refractivity contribution in [1.29, 1.82) is 0 Å². The number of hydrogen-bond donors (Lipinski definition) is 2. The van der Waals surface area contributed by atoms with E-state index in [4.69, 9.17) is 4.74 Å². The van der Waals surface area contributed by atoms with Crippen LogP contribution in [0.4, 0.5) is 5.69 Å². The van der Waals surface area contributed by atoms with Crippen molar-refractivity contribution in [2.75, 3.05) is 38.2 Å². The maximum atomic E-state index is 12.1. The first-order chi connectivity index (χ1) is 11.6. The Hall–Kier alpha value is -2.24. The number of amides is 1. The zero-order valence-corrected chi connectivity index (χ0v) is 14.8. The van der Waals surface area contributed by atoms with Crippen LogP contribution in [0.15, 0.2) is 29.3 Å². The number of rotatable bonds is 7. The normalized spacial score (nSPS) is 14.4. The van der Waals surface area contributed by atoms with Crippen LogP contribution in [0.3, 0.4) is 0 Å². The van der Waals surface area contributed by atoms with Gasteiger partial charge in [-0.3, -0.25) is 9.79 Å². The molecule has 1 aromatic carbocycles. The Balaban J connectivity index is 1.76. The molecule has 0 aliphatic carbocycles. The van der Waals surface area contributed by atoms with Crippen molar-refractivity contribution in [3.63, 3.8) is 0 Å². The van der Waals surface area contributed by atoms with Crippen LogP contribution in [-0.2, 0) is 4.79 Å². The van der Waals surface area contributed by atoms with E-state index in [2.05, 4.69) is 29.5 Å². The number of nitrogens with zero attached hydrogens (tertiary/aromatic N) is 2. The molecule has 1 heterocycles. The lowest BCUT2D eigenvalue weighted by atomic mass is 10.1. The number of para-hydroxylation sites is 2. The Bertz CT molecular complexity index is 572. The van der Waals surface area contributed by atoms with Gasteiger partial charge in [-0.15, -0.1) is 0 Å². The quantitative estimate of drug-likeness (QED) is 0.455. The van der Waals surface area contributed by atoms with Gasteiger partial charge in [-0.2, -0.15) is 0 Å². The summed E-state index contributed by atoms with van der Waals surface area (Å²) in [7, 11) is 1.77. The Morgan fingerprint density at radius 2 is 2.04 bits per heavy atom. The summed E-state index contributed by atoms with van der Waals surface area (Å²) >= 11 is 0. The Morgan fingerprint density at radius 1 is 1.29 bits per heavy atom. The summed E-state index contributed by atoms with van der Waals surface area (Å²) in [5.41, 5.74) is 0.855. The minimum atomic E-state index is 0.00754. The Morgan fingerprint density at radius 3 is 2.79 bits per heavy atom. The van der Waals surface area contributed by atoms with Gasteiger partial charge in [0.2, 0.25) is 0 Å². The fraction of sp³-hybridized carbons (Fsp3) is 0.556. The molecule has 0 bridgehead atoms. The number of carbonyl (C=O) groups is 1. The van der Waals surface area contributed by atoms with Gasteiger partial charge < -0.3 is 20.3 Å². The number of nitrogens with one attached hydrogen (secondary N) is 2. The van der Waals surface area contributed by atoms with Crippen molar-refractivity contribution in [2.45, 2.75) is 26.7 Å². The summed E-state index contributed by atoms with van der Waals surface area (Å²) in [6, 6.07) is 7.66. The SMILES string of the molecule is CN=C(NCCCN1C(=O)COc2ccccc21)NCCC(C)C. The second-order valence-corrected chi connectivity index (χ2v) is 6.26. The fourth-order valence-electron chi connectivity index (χ4n) is 2.54. The van der Waals surface area contributed by atoms with Gasteiger partial charge in [-0.25, -0.2) is 0 Å². The van der Waals surface area contributed by atoms with Gasteiger partial charge in [0, 0.05) is 26.7 Å². The predicted octanol–water partition coefficient (Wildman–Crippen LogP) is 2.01. The van der Waals surface area contributed by atoms with E-state index in [0.717, 1.165) is 43.3 Å². The molecule has 0 saturated carbocycles. The zero-order valence-electron chi connectivity index (χ0n) is 14.8. The maximum Gasteiger partial charge on any atom is 0.265 e. The van der Waals surface area contributed by atoms with Gasteiger partial charge in [0.15, 0.2) is 12.6 Å². The van der Waals surface area contributed by atoms with Crippen LogP contribution in [-0.4, -0.2) is 45.2 Å². The van der Waals surface area contributed by atoms with E-state index in [0.29, 0.717) is 12.5 Å². The highest BCUT2D eigenvalue weighted by molar-refractivity contribution is 5.97. The van der Waals surface area contributed by atoms with E-state index in [9.17, 15) is 4.79 Å². The van der Waals surface area contributed by atoms with Crippen LogP contribution >= 0.6 is 0 Å². The van der Waals surface area contributed by atoms with Crippen LogP contribution in [0.25, 0.3) is 0 Å². The molecule has 0 spiro atoms. The molecule has 0 unspecified atom stereocenters. The summed E-state index contributed by atoms with van der Waals surface area (Å²) in [6.45, 7) is 6.85. The fourth-order valence-corrected chi connectivity index (χ4v) is 2.54. The van der Waals surface area contributed by atoms with Crippen LogP contribution in [0.5, 0.6) is 5.75 Å². The largest absolute Gasteiger partial charge is 0.482 e. The van der Waals surface area contributed by atoms with Crippen LogP contribution < -0.4 is 20.3 Å². The zero-order chi connectivity index (χ0) is 17.4. The van der Waals surface area contributed by atoms with Crippen molar-refractivity contribution in [2.24, 2.45) is 10.9 Å². The third-order valence-corrected chi connectivity index (χ3v) is 3.90. The minimum Gasteiger partial charge on any atom is -0.482 e. The summed E-state index contributed by atoms with van der Waals surface area (Å²) in [6.07, 6.45) is 1.95. The average Bonchev–Trinajstić information content (AvgIpc) is 2.58. The molecule has 24 heavy (non-hydrogen) atoms. The second-order valence-electron chi connectivity index (χ2n) is 6.26. The molecule has 6 heteroatoms. The smallest absolute Gasteiger partial charge is 0.265 e. The molecule has 1 aliphatic rings. The number of fused-ring (bicyclic) bond motifs is 1. The molecule has 6 nitrogen and oxygen atoms in total. The standard InChI is InChI=1S/C18H28N4O2/c1-14(2)9-11-21-18(19-3)20-10-6-12-22-15-7-4-5-8-16(15)24-13-17(22)23/h4-5,7-8,14H,6,9-13H2,1-3H3,(H2,19,20,21). The molecular weight excluding hydrogens is 304 g/mol. The van der Waals surface area contributed by atoms with Crippen LogP contribution in [0, 0.1) is 5.92 Å². The molecule has 0 aromatic heterocycles. The topological polar surface area (TPSA) is 66.0 Å². The highest BCUT2D eigenvalue weighted by Gasteiger charge is 2.24. The Labute approximate surface area is 144 Å². The van der Waals surface area contributed by atoms with Gasteiger partial charge in [0.1, 0.15) is 5.75 Å². The van der Waals surface area contributed by atoms with E-state index < -0.39 is 0 Å². The van der Waals surface area contributed by atoms with Gasteiger partial charge in [-0.05, 0) is 30.9 Å². The summed E-state index contributed by atoms with van der Waals surface area (Å²) < 4.78 is 5.46. The number of carbonyl (C=O) groups excluding carboxylic acids is 1. The molecule has 0 saturated heterocycles. The minimum absolute atomic E-state index is 0.00754. The second kappa shape index (κ2) is 9.15. The summed E-state index contributed by atoms with van der Waals surface area (Å²) in [4.78, 5) is 18.1. The molecular formula is C18H28N4O2. The van der Waals surface area contributed by atoms with E-state index in [1.54, 1.807) is 11.9 Å². The lowest BCUT2D eigenvalue weighted by molar-refractivity contribution is -0.121. The monoisotopic (exact) mass is 332 g/mol. The first-order valence-electron chi connectivity index (χ1n) is 8.58.